The predicted molar refractivity (Wildman–Crippen MR) is 133 cm³/mol. The van der Waals surface area contributed by atoms with Crippen LogP contribution in [0.2, 0.25) is 13.1 Å². The molecule has 2 aromatic rings. The van der Waals surface area contributed by atoms with Crippen molar-refractivity contribution in [2.24, 2.45) is 0 Å². The molecule has 0 atom stereocenters. The molecule has 33 heavy (non-hydrogen) atoms. The number of hydrogen-bond donors (Lipinski definition) is 1. The quantitative estimate of drug-likeness (QED) is 0.253. The number of carbonyl (C=O) groups is 1. The summed E-state index contributed by atoms with van der Waals surface area (Å²) in [6, 6.07) is 17.8. The summed E-state index contributed by atoms with van der Waals surface area (Å²) in [7, 11) is 0. The number of rotatable bonds is 13. The van der Waals surface area contributed by atoms with Crippen LogP contribution in [0.25, 0.3) is 11.1 Å². The first-order chi connectivity index (χ1) is 15.1. The van der Waals surface area contributed by atoms with Gasteiger partial charge in [0.15, 0.2) is 0 Å². The molecular weight excluding hydrogens is 632 g/mol. The molecule has 1 aliphatic carbocycles. The zero-order chi connectivity index (χ0) is 22.1. The Morgan fingerprint density at radius 3 is 1.73 bits per heavy atom. The number of amides is 1. The Hall–Kier alpha value is -0.423. The van der Waals surface area contributed by atoms with Crippen LogP contribution in [0.15, 0.2) is 48.5 Å². The summed E-state index contributed by atoms with van der Waals surface area (Å²) in [4.78, 5) is 12.9. The van der Waals surface area contributed by atoms with Crippen molar-refractivity contribution in [3.63, 3.8) is 0 Å². The Morgan fingerprint density at radius 1 is 0.788 bits per heavy atom. The van der Waals surface area contributed by atoms with Gasteiger partial charge >= 0.3 is 193 Å². The Balaban J connectivity index is 0.00000272. The fraction of sp³-hybridized carbons (Fsp3) is 0.519. The largest absolute Gasteiger partial charge is 1.00 e. The third kappa shape index (κ3) is 8.63. The topological polar surface area (TPSA) is 29.1 Å². The summed E-state index contributed by atoms with van der Waals surface area (Å²) in [5.41, 5.74) is 5.76. The van der Waals surface area contributed by atoms with E-state index in [1.807, 2.05) is 0 Å². The molecule has 0 saturated heterocycles. The number of halogens is 2. The van der Waals surface area contributed by atoms with E-state index in [-0.39, 0.29) is 24.8 Å². The van der Waals surface area contributed by atoms with Crippen molar-refractivity contribution < 1.29 is 50.5 Å². The maximum absolute atomic E-state index is 12.9. The third-order valence-electron chi connectivity index (χ3n) is 6.56. The van der Waals surface area contributed by atoms with Crippen LogP contribution < -0.4 is 28.1 Å². The normalized spacial score (nSPS) is 11.9. The Bertz CT molecular complexity index is 803. The van der Waals surface area contributed by atoms with Gasteiger partial charge in [0.25, 0.3) is 0 Å². The molecule has 0 saturated carbocycles. The first kappa shape index (κ1) is 30.6. The zero-order valence-electron chi connectivity index (χ0n) is 20.5. The molecule has 0 aliphatic heterocycles. The third-order valence-corrected chi connectivity index (χ3v) is 31.6. The minimum Gasteiger partial charge on any atom is -1.00 e. The van der Waals surface area contributed by atoms with Gasteiger partial charge in [-0.1, -0.05) is 6.92 Å². The molecule has 2 aromatic carbocycles. The van der Waals surface area contributed by atoms with E-state index in [0.29, 0.717) is 9.58 Å². The van der Waals surface area contributed by atoms with Crippen molar-refractivity contribution >= 4 is 11.9 Å². The monoisotopic (exact) mass is 672 g/mol. The molecule has 6 heteroatoms. The molecule has 0 spiro atoms. The van der Waals surface area contributed by atoms with E-state index in [2.05, 4.69) is 71.9 Å². The molecule has 0 unspecified atom stereocenters. The van der Waals surface area contributed by atoms with E-state index in [1.165, 1.54) is 73.6 Å². The average molecular weight is 672 g/mol. The van der Waals surface area contributed by atoms with Crippen molar-refractivity contribution in [2.45, 2.75) is 87.9 Å². The van der Waals surface area contributed by atoms with E-state index in [0.717, 1.165) is 12.8 Å². The van der Waals surface area contributed by atoms with Gasteiger partial charge in [-0.05, 0) is 0 Å². The van der Waals surface area contributed by atoms with Crippen LogP contribution in [0, 0.1) is 0 Å². The number of hydrogen-bond acceptors (Lipinski definition) is 1. The SMILES string of the molecule is CCCCCCCCCCCC(=O)[NH][Hf+2]([CH]1c2ccccc2-c2ccccc21)[SiH](C)C.[Cl-].[Cl-]. The van der Waals surface area contributed by atoms with Gasteiger partial charge in [-0.25, -0.2) is 0 Å². The predicted octanol–water partition coefficient (Wildman–Crippen LogP) is 1.32. The van der Waals surface area contributed by atoms with Gasteiger partial charge in [-0.3, -0.25) is 0 Å². The molecule has 0 radical (unpaired) electrons. The fourth-order valence-corrected chi connectivity index (χ4v) is 26.7. The molecule has 0 aromatic heterocycles. The smallest absolute Gasteiger partial charge is 1.00 e. The molecule has 1 N–H and O–H groups in total. The van der Waals surface area contributed by atoms with Crippen LogP contribution in [0.5, 0.6) is 0 Å². The zero-order valence-corrected chi connectivity index (χ0v) is 26.8. The molecule has 0 heterocycles. The van der Waals surface area contributed by atoms with Gasteiger partial charge in [0, 0.05) is 0 Å². The van der Waals surface area contributed by atoms with Crippen LogP contribution in [0.3, 0.4) is 0 Å². The molecule has 2 nitrogen and oxygen atoms in total. The minimum absolute atomic E-state index is 0. The average Bonchev–Trinajstić information content (AvgIpc) is 3.10. The fourth-order valence-electron chi connectivity index (χ4n) is 4.86. The number of nitrogens with one attached hydrogen (secondary N) is 1. The summed E-state index contributed by atoms with van der Waals surface area (Å²) >= 11 is -2.34. The summed E-state index contributed by atoms with van der Waals surface area (Å²) in [5.74, 6) is -0.557. The van der Waals surface area contributed by atoms with E-state index in [1.54, 1.807) is 0 Å². The molecule has 3 rings (SSSR count). The van der Waals surface area contributed by atoms with Crippen LogP contribution in [0.1, 0.15) is 85.9 Å². The van der Waals surface area contributed by atoms with Crippen LogP contribution >= 0.6 is 0 Å². The summed E-state index contributed by atoms with van der Waals surface area (Å²) < 4.78 is 4.21. The van der Waals surface area contributed by atoms with Crippen molar-refractivity contribution in [3.8, 4) is 11.1 Å². The van der Waals surface area contributed by atoms with E-state index < -0.39 is 26.9 Å². The number of fused-ring (bicyclic) bond motifs is 3. The van der Waals surface area contributed by atoms with E-state index >= 15 is 0 Å². The second-order valence-corrected chi connectivity index (χ2v) is 35.4. The van der Waals surface area contributed by atoms with Crippen molar-refractivity contribution in [1.82, 2.24) is 3.30 Å². The van der Waals surface area contributed by atoms with Crippen LogP contribution in [-0.2, 0) is 25.7 Å². The first-order valence-corrected chi connectivity index (χ1v) is 25.5. The van der Waals surface area contributed by atoms with Gasteiger partial charge in [0.1, 0.15) is 0 Å². The Morgan fingerprint density at radius 2 is 1.24 bits per heavy atom. The number of benzene rings is 2. The Kier molecular flexibility index (Phi) is 15.1. The Labute approximate surface area is 223 Å². The standard InChI is InChI=1S/C13H9.C12H25NO.C2H7Si.2ClH.Hf/c1-3-7-12-10(5-1)9-11-6-2-4-8-13(11)12;1-2-3-4-5-6-7-8-9-10-11-12(13)14;1-3-2;;;/h1-9H;2-11H2,1H3,(H2,13,14);3H,1-2H3;2*1H;/q;;;;;+3/p-3. The second-order valence-electron chi connectivity index (χ2n) is 9.34. The van der Waals surface area contributed by atoms with Gasteiger partial charge < -0.3 is 24.8 Å². The van der Waals surface area contributed by atoms with Crippen LogP contribution in [0.4, 0.5) is 0 Å². The summed E-state index contributed by atoms with van der Waals surface area (Å²) in [6.45, 7) is 7.20. The van der Waals surface area contributed by atoms with Crippen LogP contribution in [-0.4, -0.2) is 11.9 Å². The number of unbranched alkanes of at least 4 members (excludes halogenated alkanes) is 8. The first-order valence-electron chi connectivity index (χ1n) is 12.5. The van der Waals surface area contributed by atoms with Crippen molar-refractivity contribution in [2.75, 3.05) is 0 Å². The summed E-state index contributed by atoms with van der Waals surface area (Å²) in [5, 5.41) is 0. The molecule has 181 valence electrons. The maximum Gasteiger partial charge on any atom is -1.00 e. The molecule has 0 fully saturated rings. The second kappa shape index (κ2) is 16.3. The van der Waals surface area contributed by atoms with Gasteiger partial charge in [-0.2, -0.15) is 0 Å². The molecule has 1 aliphatic rings. The number of carbonyl (C=O) groups excluding carboxylic acids is 1. The van der Waals surface area contributed by atoms with Gasteiger partial charge in [0.2, 0.25) is 0 Å². The maximum atomic E-state index is 12.9. The molecule has 1 amide bonds. The molecular formula is C27H40Cl2HfNOSi. The minimum atomic E-state index is -2.34. The van der Waals surface area contributed by atoms with E-state index in [4.69, 9.17) is 0 Å². The molecule has 0 bridgehead atoms. The summed E-state index contributed by atoms with van der Waals surface area (Å²) in [6.07, 6.45) is 12.4. The van der Waals surface area contributed by atoms with Crippen molar-refractivity contribution in [3.05, 3.63) is 59.7 Å². The van der Waals surface area contributed by atoms with Gasteiger partial charge in [0.05, 0.1) is 0 Å². The van der Waals surface area contributed by atoms with Gasteiger partial charge in [-0.15, -0.1) is 0 Å². The van der Waals surface area contributed by atoms with Crippen molar-refractivity contribution in [1.29, 1.82) is 0 Å². The van der Waals surface area contributed by atoms with E-state index in [9.17, 15) is 4.79 Å².